The summed E-state index contributed by atoms with van der Waals surface area (Å²) in [5, 5.41) is 0. The van der Waals surface area contributed by atoms with E-state index in [1.807, 2.05) is 27.7 Å². The smallest absolute Gasteiger partial charge is 0.212 e. The highest BCUT2D eigenvalue weighted by Crippen LogP contribution is 2.18. The van der Waals surface area contributed by atoms with E-state index in [-0.39, 0.29) is 17.7 Å². The van der Waals surface area contributed by atoms with Gasteiger partial charge in [-0.25, -0.2) is 8.42 Å². The fraction of sp³-hybridized carbons (Fsp3) is 0.818. The second-order valence-electron chi connectivity index (χ2n) is 4.85. The Bertz CT molecular complexity index is 319. The largest absolute Gasteiger partial charge is 0.215 e. The van der Waals surface area contributed by atoms with E-state index in [1.165, 1.54) is 4.31 Å². The Hall–Kier alpha value is -0.530. The Morgan fingerprint density at radius 1 is 1.33 bits per heavy atom. The molecule has 0 aliphatic rings. The van der Waals surface area contributed by atoms with Gasteiger partial charge < -0.3 is 0 Å². The van der Waals surface area contributed by atoms with Crippen LogP contribution in [0.1, 0.15) is 34.1 Å². The van der Waals surface area contributed by atoms with E-state index in [9.17, 15) is 8.42 Å². The summed E-state index contributed by atoms with van der Waals surface area (Å²) in [6, 6.07) is 0. The topological polar surface area (TPSA) is 37.4 Å². The van der Waals surface area contributed by atoms with Crippen LogP contribution in [0.4, 0.5) is 0 Å². The van der Waals surface area contributed by atoms with Gasteiger partial charge in [0.15, 0.2) is 0 Å². The maximum absolute atomic E-state index is 12.0. The first kappa shape index (κ1) is 14.5. The predicted molar refractivity (Wildman–Crippen MR) is 63.9 cm³/mol. The fourth-order valence-corrected chi connectivity index (χ4v) is 3.32. The van der Waals surface area contributed by atoms with Crippen molar-refractivity contribution in [3.8, 4) is 12.3 Å². The quantitative estimate of drug-likeness (QED) is 0.675. The van der Waals surface area contributed by atoms with Crippen LogP contribution in [0.2, 0.25) is 0 Å². The zero-order valence-corrected chi connectivity index (χ0v) is 10.9. The van der Waals surface area contributed by atoms with Gasteiger partial charge in [0.1, 0.15) is 0 Å². The van der Waals surface area contributed by atoms with Crippen molar-refractivity contribution in [1.29, 1.82) is 0 Å². The van der Waals surface area contributed by atoms with Gasteiger partial charge in [-0.1, -0.05) is 33.6 Å². The summed E-state index contributed by atoms with van der Waals surface area (Å²) in [6.07, 6.45) is 5.95. The average Bonchev–Trinajstić information content (AvgIpc) is 1.99. The van der Waals surface area contributed by atoms with Crippen molar-refractivity contribution in [2.75, 3.05) is 18.8 Å². The van der Waals surface area contributed by atoms with Gasteiger partial charge in [0.25, 0.3) is 0 Å². The van der Waals surface area contributed by atoms with Crippen LogP contribution in [0.3, 0.4) is 0 Å². The van der Waals surface area contributed by atoms with E-state index in [0.29, 0.717) is 6.54 Å². The molecule has 0 heterocycles. The molecule has 3 nitrogen and oxygen atoms in total. The summed E-state index contributed by atoms with van der Waals surface area (Å²) in [6.45, 7) is 8.34. The van der Waals surface area contributed by atoms with E-state index in [2.05, 4.69) is 5.92 Å². The lowest BCUT2D eigenvalue weighted by Crippen LogP contribution is -2.37. The first-order valence-electron chi connectivity index (χ1n) is 5.14. The molecule has 0 rings (SSSR count). The molecule has 0 aromatic heterocycles. The van der Waals surface area contributed by atoms with Crippen LogP contribution in [-0.4, -0.2) is 31.6 Å². The van der Waals surface area contributed by atoms with Crippen molar-refractivity contribution in [2.45, 2.75) is 34.1 Å². The maximum Gasteiger partial charge on any atom is 0.215 e. The number of hydrogen-bond acceptors (Lipinski definition) is 2. The van der Waals surface area contributed by atoms with Gasteiger partial charge in [0.2, 0.25) is 10.0 Å². The third-order valence-corrected chi connectivity index (χ3v) is 4.08. The van der Waals surface area contributed by atoms with E-state index >= 15 is 0 Å². The molecule has 0 unspecified atom stereocenters. The Morgan fingerprint density at radius 2 is 1.87 bits per heavy atom. The maximum atomic E-state index is 12.0. The van der Waals surface area contributed by atoms with Gasteiger partial charge in [-0.2, -0.15) is 4.31 Å². The molecule has 0 atom stereocenters. The van der Waals surface area contributed by atoms with Crippen LogP contribution in [0.5, 0.6) is 0 Å². The molecule has 4 heteroatoms. The molecule has 15 heavy (non-hydrogen) atoms. The molecule has 88 valence electrons. The average molecular weight is 231 g/mol. The van der Waals surface area contributed by atoms with Crippen LogP contribution < -0.4 is 0 Å². The molecule has 0 N–H and O–H groups in total. The van der Waals surface area contributed by atoms with Gasteiger partial charge in [0, 0.05) is 6.54 Å². The molecule has 0 saturated heterocycles. The van der Waals surface area contributed by atoms with Gasteiger partial charge >= 0.3 is 0 Å². The van der Waals surface area contributed by atoms with E-state index in [4.69, 9.17) is 6.42 Å². The zero-order chi connectivity index (χ0) is 12.1. The summed E-state index contributed by atoms with van der Waals surface area (Å²) in [5.41, 5.74) is -0.237. The summed E-state index contributed by atoms with van der Waals surface area (Å²) in [7, 11) is -3.21. The SMILES string of the molecule is C#CCN(CCC)S(=O)(=O)CC(C)(C)C. The molecular weight excluding hydrogens is 210 g/mol. The fourth-order valence-electron chi connectivity index (χ4n) is 1.31. The number of hydrogen-bond donors (Lipinski definition) is 0. The van der Waals surface area contributed by atoms with E-state index < -0.39 is 10.0 Å². The Balaban J connectivity index is 4.74. The van der Waals surface area contributed by atoms with Crippen molar-refractivity contribution in [2.24, 2.45) is 5.41 Å². The Morgan fingerprint density at radius 3 is 2.20 bits per heavy atom. The second kappa shape index (κ2) is 5.53. The van der Waals surface area contributed by atoms with Gasteiger partial charge in [-0.05, 0) is 11.8 Å². The van der Waals surface area contributed by atoms with Crippen LogP contribution in [0.15, 0.2) is 0 Å². The molecule has 0 radical (unpaired) electrons. The predicted octanol–water partition coefficient (Wildman–Crippen LogP) is 1.71. The molecule has 0 aromatic carbocycles. The van der Waals surface area contributed by atoms with Gasteiger partial charge in [-0.3, -0.25) is 0 Å². The molecule has 0 fully saturated rings. The number of terminal acetylenes is 1. The number of rotatable bonds is 5. The molecule has 0 bridgehead atoms. The third-order valence-electron chi connectivity index (χ3n) is 1.75. The van der Waals surface area contributed by atoms with Gasteiger partial charge in [0.05, 0.1) is 12.3 Å². The Kier molecular flexibility index (Phi) is 5.33. The van der Waals surface area contributed by atoms with E-state index in [1.54, 1.807) is 0 Å². The second-order valence-corrected chi connectivity index (χ2v) is 6.82. The highest BCUT2D eigenvalue weighted by Gasteiger charge is 2.26. The highest BCUT2D eigenvalue weighted by molar-refractivity contribution is 7.89. The number of nitrogens with zero attached hydrogens (tertiary/aromatic N) is 1. The normalized spacial score (nSPS) is 12.8. The monoisotopic (exact) mass is 231 g/mol. The minimum absolute atomic E-state index is 0.141. The lowest BCUT2D eigenvalue weighted by molar-refractivity contribution is 0.409. The van der Waals surface area contributed by atoms with Crippen LogP contribution in [-0.2, 0) is 10.0 Å². The van der Waals surface area contributed by atoms with Crippen molar-refractivity contribution < 1.29 is 8.42 Å². The Labute approximate surface area is 93.9 Å². The standard InChI is InChI=1S/C11H21NO2S/c1-6-8-12(9-7-2)15(13,14)10-11(3,4)5/h1H,7-10H2,2-5H3. The summed E-state index contributed by atoms with van der Waals surface area (Å²) < 4.78 is 25.3. The highest BCUT2D eigenvalue weighted by atomic mass is 32.2. The molecule has 0 aromatic rings. The minimum Gasteiger partial charge on any atom is -0.212 e. The molecule has 0 aliphatic heterocycles. The van der Waals surface area contributed by atoms with Crippen molar-refractivity contribution in [3.05, 3.63) is 0 Å². The van der Waals surface area contributed by atoms with Crippen molar-refractivity contribution in [3.63, 3.8) is 0 Å². The first-order chi connectivity index (χ1) is 6.73. The minimum atomic E-state index is -3.21. The summed E-state index contributed by atoms with van der Waals surface area (Å²) in [5.74, 6) is 2.53. The molecule has 0 aliphatic carbocycles. The first-order valence-corrected chi connectivity index (χ1v) is 6.75. The number of sulfonamides is 1. The van der Waals surface area contributed by atoms with Gasteiger partial charge in [-0.15, -0.1) is 6.42 Å². The van der Waals surface area contributed by atoms with Crippen LogP contribution >= 0.6 is 0 Å². The summed E-state index contributed by atoms with van der Waals surface area (Å²) in [4.78, 5) is 0. The zero-order valence-electron chi connectivity index (χ0n) is 10.1. The molecular formula is C11H21NO2S. The van der Waals surface area contributed by atoms with Crippen LogP contribution in [0, 0.1) is 17.8 Å². The lowest BCUT2D eigenvalue weighted by atomic mass is 10.0. The molecule has 0 amide bonds. The van der Waals surface area contributed by atoms with E-state index in [0.717, 1.165) is 6.42 Å². The third kappa shape index (κ3) is 5.81. The summed E-state index contributed by atoms with van der Waals surface area (Å²) >= 11 is 0. The molecule has 0 spiro atoms. The lowest BCUT2D eigenvalue weighted by Gasteiger charge is -2.24. The van der Waals surface area contributed by atoms with Crippen molar-refractivity contribution in [1.82, 2.24) is 4.31 Å². The van der Waals surface area contributed by atoms with Crippen LogP contribution in [0.25, 0.3) is 0 Å². The van der Waals surface area contributed by atoms with Crippen molar-refractivity contribution >= 4 is 10.0 Å². The molecule has 0 saturated carbocycles.